The smallest absolute Gasteiger partial charge is 0.336 e. The Bertz CT molecular complexity index is 625. The predicted octanol–water partition coefficient (Wildman–Crippen LogP) is 2.35. The maximum Gasteiger partial charge on any atom is 0.336 e. The number of ether oxygens (including phenoxy) is 2. The van der Waals surface area contributed by atoms with Gasteiger partial charge < -0.3 is 13.9 Å². The monoisotopic (exact) mass is 246 g/mol. The Hall–Kier alpha value is -1.81. The lowest BCUT2D eigenvalue weighted by molar-refractivity contribution is 0.239. The van der Waals surface area contributed by atoms with E-state index in [-0.39, 0.29) is 11.2 Å². The highest BCUT2D eigenvalue weighted by atomic mass is 16.6. The molecule has 1 atom stereocenters. The van der Waals surface area contributed by atoms with Crippen LogP contribution < -0.4 is 10.4 Å². The van der Waals surface area contributed by atoms with Crippen LogP contribution in [0.25, 0.3) is 11.0 Å². The van der Waals surface area contributed by atoms with E-state index < -0.39 is 0 Å². The standard InChI is InChI=1S/C14H14O4/c1-14(9-17-14)6-7-16-11-4-2-10-3-5-13(15)18-12(10)8-11/h2-5,8H,6-7,9H2,1H3/t14-/m1/s1. The van der Waals surface area contributed by atoms with Crippen molar-refractivity contribution in [2.75, 3.05) is 13.2 Å². The Morgan fingerprint density at radius 1 is 1.33 bits per heavy atom. The highest BCUT2D eigenvalue weighted by molar-refractivity contribution is 5.77. The number of rotatable bonds is 4. The summed E-state index contributed by atoms with van der Waals surface area (Å²) in [5.74, 6) is 0.709. The summed E-state index contributed by atoms with van der Waals surface area (Å²) in [6.07, 6.45) is 0.865. The van der Waals surface area contributed by atoms with Crippen molar-refractivity contribution >= 4 is 11.0 Å². The maximum absolute atomic E-state index is 11.1. The number of epoxide rings is 1. The second-order valence-electron chi connectivity index (χ2n) is 4.79. The summed E-state index contributed by atoms with van der Waals surface area (Å²) in [5.41, 5.74) is 0.205. The van der Waals surface area contributed by atoms with Gasteiger partial charge in [-0.1, -0.05) is 0 Å². The van der Waals surface area contributed by atoms with Gasteiger partial charge >= 0.3 is 5.63 Å². The summed E-state index contributed by atoms with van der Waals surface area (Å²) >= 11 is 0. The minimum absolute atomic E-state index is 0.00338. The minimum atomic E-state index is -0.349. The molecule has 0 amide bonds. The molecule has 3 rings (SSSR count). The van der Waals surface area contributed by atoms with E-state index in [0.717, 1.165) is 18.4 Å². The lowest BCUT2D eigenvalue weighted by Gasteiger charge is -2.08. The molecule has 1 aliphatic rings. The molecule has 18 heavy (non-hydrogen) atoms. The van der Waals surface area contributed by atoms with Crippen molar-refractivity contribution in [2.24, 2.45) is 0 Å². The molecule has 1 saturated heterocycles. The van der Waals surface area contributed by atoms with Crippen LogP contribution in [0.1, 0.15) is 13.3 Å². The lowest BCUT2D eigenvalue weighted by Crippen LogP contribution is -2.10. The molecular weight excluding hydrogens is 232 g/mol. The normalized spacial score (nSPS) is 22.1. The van der Waals surface area contributed by atoms with Crippen molar-refractivity contribution in [1.29, 1.82) is 0 Å². The van der Waals surface area contributed by atoms with Crippen LogP contribution in [0.2, 0.25) is 0 Å². The molecule has 0 radical (unpaired) electrons. The minimum Gasteiger partial charge on any atom is -0.493 e. The Morgan fingerprint density at radius 2 is 2.11 bits per heavy atom. The largest absolute Gasteiger partial charge is 0.493 e. The van der Waals surface area contributed by atoms with Gasteiger partial charge in [0.15, 0.2) is 0 Å². The van der Waals surface area contributed by atoms with Gasteiger partial charge in [0.1, 0.15) is 11.3 Å². The molecule has 0 N–H and O–H groups in total. The Kier molecular flexibility index (Phi) is 2.59. The summed E-state index contributed by atoms with van der Waals surface area (Å²) in [7, 11) is 0. The summed E-state index contributed by atoms with van der Waals surface area (Å²) < 4.78 is 16.0. The molecule has 4 nitrogen and oxygen atoms in total. The number of fused-ring (bicyclic) bond motifs is 1. The van der Waals surface area contributed by atoms with Crippen LogP contribution in [0.3, 0.4) is 0 Å². The second kappa shape index (κ2) is 4.14. The Balaban J connectivity index is 1.73. The third-order valence-corrected chi connectivity index (χ3v) is 3.13. The van der Waals surface area contributed by atoms with Crippen molar-refractivity contribution in [3.63, 3.8) is 0 Å². The summed E-state index contributed by atoms with van der Waals surface area (Å²) in [4.78, 5) is 11.1. The van der Waals surface area contributed by atoms with Crippen LogP contribution in [0.5, 0.6) is 5.75 Å². The van der Waals surface area contributed by atoms with Crippen molar-refractivity contribution < 1.29 is 13.9 Å². The van der Waals surface area contributed by atoms with Crippen LogP contribution in [0.4, 0.5) is 0 Å². The fourth-order valence-electron chi connectivity index (χ4n) is 1.78. The first-order chi connectivity index (χ1) is 8.65. The SMILES string of the molecule is C[C@@]1(CCOc2ccc3ccc(=O)oc3c2)CO1. The molecule has 2 aromatic rings. The zero-order valence-electron chi connectivity index (χ0n) is 10.1. The summed E-state index contributed by atoms with van der Waals surface area (Å²) in [6.45, 7) is 3.47. The molecule has 1 aromatic carbocycles. The van der Waals surface area contributed by atoms with Gasteiger partial charge in [-0.2, -0.15) is 0 Å². The van der Waals surface area contributed by atoms with E-state index in [0.29, 0.717) is 17.9 Å². The average Bonchev–Trinajstić information content (AvgIpc) is 3.07. The van der Waals surface area contributed by atoms with Crippen molar-refractivity contribution in [3.05, 3.63) is 40.8 Å². The highest BCUT2D eigenvalue weighted by Gasteiger charge is 2.38. The van der Waals surface area contributed by atoms with E-state index in [1.54, 1.807) is 12.1 Å². The predicted molar refractivity (Wildman–Crippen MR) is 67.0 cm³/mol. The molecule has 1 aromatic heterocycles. The fourth-order valence-corrected chi connectivity index (χ4v) is 1.78. The molecule has 0 aliphatic carbocycles. The van der Waals surface area contributed by atoms with Gasteiger partial charge in [0.05, 0.1) is 18.8 Å². The molecule has 0 bridgehead atoms. The van der Waals surface area contributed by atoms with Gasteiger partial charge in [-0.3, -0.25) is 0 Å². The third kappa shape index (κ3) is 2.38. The van der Waals surface area contributed by atoms with Gasteiger partial charge in [0, 0.05) is 23.9 Å². The van der Waals surface area contributed by atoms with Crippen LogP contribution in [0, 0.1) is 0 Å². The lowest BCUT2D eigenvalue weighted by atomic mass is 10.1. The molecule has 0 unspecified atom stereocenters. The zero-order valence-corrected chi connectivity index (χ0v) is 10.1. The second-order valence-corrected chi connectivity index (χ2v) is 4.79. The van der Waals surface area contributed by atoms with Gasteiger partial charge in [-0.05, 0) is 25.1 Å². The molecule has 0 saturated carbocycles. The van der Waals surface area contributed by atoms with E-state index in [1.165, 1.54) is 6.07 Å². The topological polar surface area (TPSA) is 52.0 Å². The van der Waals surface area contributed by atoms with Crippen LogP contribution in [-0.2, 0) is 4.74 Å². The van der Waals surface area contributed by atoms with E-state index in [2.05, 4.69) is 6.92 Å². The Morgan fingerprint density at radius 3 is 2.89 bits per heavy atom. The average molecular weight is 246 g/mol. The van der Waals surface area contributed by atoms with Crippen LogP contribution in [-0.4, -0.2) is 18.8 Å². The number of hydrogen-bond acceptors (Lipinski definition) is 4. The summed E-state index contributed by atoms with van der Waals surface area (Å²) in [5, 5.41) is 0.888. The van der Waals surface area contributed by atoms with Gasteiger partial charge in [0.2, 0.25) is 0 Å². The fraction of sp³-hybridized carbons (Fsp3) is 0.357. The van der Waals surface area contributed by atoms with Crippen molar-refractivity contribution in [2.45, 2.75) is 18.9 Å². The van der Waals surface area contributed by atoms with Crippen molar-refractivity contribution in [1.82, 2.24) is 0 Å². The number of benzene rings is 1. The molecule has 1 aliphatic heterocycles. The van der Waals surface area contributed by atoms with Gasteiger partial charge in [-0.25, -0.2) is 4.79 Å². The molecule has 94 valence electrons. The Labute approximate surface area is 104 Å². The number of hydrogen-bond donors (Lipinski definition) is 0. The van der Waals surface area contributed by atoms with Crippen LogP contribution >= 0.6 is 0 Å². The van der Waals surface area contributed by atoms with E-state index in [4.69, 9.17) is 13.9 Å². The van der Waals surface area contributed by atoms with Gasteiger partial charge in [-0.15, -0.1) is 0 Å². The first kappa shape index (κ1) is 11.3. The molecule has 1 fully saturated rings. The molecule has 4 heteroatoms. The molecule has 2 heterocycles. The maximum atomic E-state index is 11.1. The zero-order chi connectivity index (χ0) is 12.6. The van der Waals surface area contributed by atoms with E-state index >= 15 is 0 Å². The van der Waals surface area contributed by atoms with Crippen molar-refractivity contribution in [3.8, 4) is 5.75 Å². The van der Waals surface area contributed by atoms with Crippen LogP contribution in [0.15, 0.2) is 39.5 Å². The first-order valence-corrected chi connectivity index (χ1v) is 5.95. The highest BCUT2D eigenvalue weighted by Crippen LogP contribution is 2.30. The van der Waals surface area contributed by atoms with E-state index in [1.807, 2.05) is 12.1 Å². The van der Waals surface area contributed by atoms with E-state index in [9.17, 15) is 4.79 Å². The molecule has 0 spiro atoms. The van der Waals surface area contributed by atoms with Gasteiger partial charge in [0.25, 0.3) is 0 Å². The summed E-state index contributed by atoms with van der Waals surface area (Å²) in [6, 6.07) is 8.65. The quantitative estimate of drug-likeness (QED) is 0.613. The first-order valence-electron chi connectivity index (χ1n) is 5.95. The molecular formula is C14H14O4. The third-order valence-electron chi connectivity index (χ3n) is 3.13.